The topological polar surface area (TPSA) is 103 Å². The van der Waals surface area contributed by atoms with Crippen LogP contribution in [0.15, 0.2) is 42.5 Å². The van der Waals surface area contributed by atoms with Crippen molar-refractivity contribution < 1.29 is 9.59 Å². The summed E-state index contributed by atoms with van der Waals surface area (Å²) in [5.41, 5.74) is 7.87. The van der Waals surface area contributed by atoms with E-state index in [2.05, 4.69) is 15.4 Å². The Hall–Kier alpha value is -3.19. The van der Waals surface area contributed by atoms with Crippen LogP contribution in [0.3, 0.4) is 0 Å². The smallest absolute Gasteiger partial charge is 0.275 e. The number of rotatable bonds is 4. The molecule has 0 radical (unpaired) electrons. The number of aromatic nitrogens is 3. The molecule has 2 aromatic heterocycles. The molecule has 2 heterocycles. The fourth-order valence-electron chi connectivity index (χ4n) is 2.48. The van der Waals surface area contributed by atoms with E-state index in [4.69, 9.17) is 17.3 Å². The Morgan fingerprint density at radius 1 is 1.12 bits per heavy atom. The molecule has 0 unspecified atom stereocenters. The summed E-state index contributed by atoms with van der Waals surface area (Å²) in [5, 5.41) is 7.28. The van der Waals surface area contributed by atoms with Gasteiger partial charge in [0.25, 0.3) is 5.91 Å². The molecule has 0 spiro atoms. The molecule has 3 aromatic rings. The van der Waals surface area contributed by atoms with Gasteiger partial charge in [-0.25, -0.2) is 9.67 Å². The van der Waals surface area contributed by atoms with E-state index >= 15 is 0 Å². The highest BCUT2D eigenvalue weighted by Crippen LogP contribution is 2.19. The highest BCUT2D eigenvalue weighted by molar-refractivity contribution is 6.34. The number of carbonyl (C=O) groups is 2. The van der Waals surface area contributed by atoms with E-state index in [0.717, 1.165) is 11.4 Å². The van der Waals surface area contributed by atoms with Gasteiger partial charge in [0.1, 0.15) is 5.69 Å². The molecule has 0 aliphatic rings. The zero-order valence-electron chi connectivity index (χ0n) is 14.2. The van der Waals surface area contributed by atoms with Gasteiger partial charge in [-0.1, -0.05) is 11.6 Å². The number of hydrogen-bond acceptors (Lipinski definition) is 4. The summed E-state index contributed by atoms with van der Waals surface area (Å²) in [7, 11) is 0. The summed E-state index contributed by atoms with van der Waals surface area (Å²) in [6.45, 7) is 3.78. The number of pyridine rings is 1. The van der Waals surface area contributed by atoms with E-state index in [0.29, 0.717) is 17.1 Å². The molecule has 26 heavy (non-hydrogen) atoms. The maximum atomic E-state index is 12.5. The van der Waals surface area contributed by atoms with Gasteiger partial charge in [0.05, 0.1) is 10.7 Å². The molecule has 0 saturated carbocycles. The van der Waals surface area contributed by atoms with Crippen molar-refractivity contribution in [2.75, 3.05) is 5.32 Å². The van der Waals surface area contributed by atoms with E-state index in [9.17, 15) is 9.59 Å². The first kappa shape index (κ1) is 17.6. The van der Waals surface area contributed by atoms with Crippen LogP contribution in [0.1, 0.15) is 32.2 Å². The van der Waals surface area contributed by atoms with E-state index < -0.39 is 11.8 Å². The minimum absolute atomic E-state index is 0.0793. The molecule has 0 saturated heterocycles. The Kier molecular flexibility index (Phi) is 4.73. The first-order valence-electron chi connectivity index (χ1n) is 7.76. The fraction of sp³-hybridized carbons (Fsp3) is 0.111. The number of hydrogen-bond donors (Lipinski definition) is 2. The van der Waals surface area contributed by atoms with Crippen molar-refractivity contribution in [1.29, 1.82) is 0 Å². The van der Waals surface area contributed by atoms with Crippen molar-refractivity contribution in [2.24, 2.45) is 5.73 Å². The third-order valence-corrected chi connectivity index (χ3v) is 4.01. The molecular weight excluding hydrogens is 354 g/mol. The van der Waals surface area contributed by atoms with Gasteiger partial charge in [-0.2, -0.15) is 5.10 Å². The summed E-state index contributed by atoms with van der Waals surface area (Å²) in [6.07, 6.45) is 0. The first-order valence-corrected chi connectivity index (χ1v) is 8.14. The Morgan fingerprint density at radius 3 is 2.38 bits per heavy atom. The van der Waals surface area contributed by atoms with Crippen molar-refractivity contribution in [2.45, 2.75) is 13.8 Å². The van der Waals surface area contributed by atoms with Gasteiger partial charge in [0, 0.05) is 16.9 Å². The predicted molar refractivity (Wildman–Crippen MR) is 98.8 cm³/mol. The largest absolute Gasteiger partial charge is 0.366 e. The minimum atomic E-state index is -0.537. The number of nitrogens with one attached hydrogen (secondary N) is 1. The SMILES string of the molecule is Cc1cc(C)n(-c2ccc(Cl)c(C(=O)Nc3ccc(C(N)=O)cc3)n2)n1. The molecule has 1 aromatic carbocycles. The predicted octanol–water partition coefficient (Wildman–Crippen LogP) is 2.89. The van der Waals surface area contributed by atoms with Crippen molar-refractivity contribution in [3.63, 3.8) is 0 Å². The third-order valence-electron chi connectivity index (χ3n) is 3.70. The standard InChI is InChI=1S/C18H16ClN5O2/c1-10-9-11(2)24(23-10)15-8-7-14(19)16(22-15)18(26)21-13-5-3-12(4-6-13)17(20)25/h3-9H,1-2H3,(H2,20,25)(H,21,26). The lowest BCUT2D eigenvalue weighted by molar-refractivity contribution is 0.0998. The summed E-state index contributed by atoms with van der Waals surface area (Å²) < 4.78 is 1.64. The quantitative estimate of drug-likeness (QED) is 0.737. The number of benzene rings is 1. The van der Waals surface area contributed by atoms with Crippen molar-refractivity contribution in [1.82, 2.24) is 14.8 Å². The third kappa shape index (κ3) is 3.57. The second-order valence-corrected chi connectivity index (χ2v) is 6.14. The Balaban J connectivity index is 1.88. The van der Waals surface area contributed by atoms with Gasteiger partial charge in [0.2, 0.25) is 5.91 Å². The second-order valence-electron chi connectivity index (χ2n) is 5.73. The van der Waals surface area contributed by atoms with Crippen LogP contribution in [-0.2, 0) is 0 Å². The molecule has 8 heteroatoms. The van der Waals surface area contributed by atoms with Crippen LogP contribution in [0.25, 0.3) is 5.82 Å². The molecule has 0 aliphatic heterocycles. The number of anilines is 1. The fourth-order valence-corrected chi connectivity index (χ4v) is 2.67. The number of amides is 2. The van der Waals surface area contributed by atoms with Crippen LogP contribution in [0, 0.1) is 13.8 Å². The van der Waals surface area contributed by atoms with Crippen molar-refractivity contribution in [3.05, 3.63) is 70.1 Å². The van der Waals surface area contributed by atoms with Gasteiger partial charge in [-0.15, -0.1) is 0 Å². The Morgan fingerprint density at radius 2 is 1.81 bits per heavy atom. The maximum Gasteiger partial charge on any atom is 0.275 e. The number of primary amides is 1. The van der Waals surface area contributed by atoms with Crippen LogP contribution in [0.5, 0.6) is 0 Å². The lowest BCUT2D eigenvalue weighted by Gasteiger charge is -2.09. The molecule has 0 aliphatic carbocycles. The monoisotopic (exact) mass is 369 g/mol. The van der Waals surface area contributed by atoms with E-state index in [1.165, 1.54) is 12.1 Å². The number of carbonyl (C=O) groups excluding carboxylic acids is 2. The van der Waals surface area contributed by atoms with Gasteiger partial charge < -0.3 is 11.1 Å². The van der Waals surface area contributed by atoms with E-state index in [1.807, 2.05) is 19.9 Å². The van der Waals surface area contributed by atoms with Crippen LogP contribution in [0.4, 0.5) is 5.69 Å². The molecule has 2 amide bonds. The maximum absolute atomic E-state index is 12.5. The molecule has 0 bridgehead atoms. The summed E-state index contributed by atoms with van der Waals surface area (Å²) >= 11 is 6.14. The summed E-state index contributed by atoms with van der Waals surface area (Å²) in [4.78, 5) is 28.0. The molecule has 0 atom stereocenters. The number of halogens is 1. The van der Waals surface area contributed by atoms with Crippen LogP contribution in [-0.4, -0.2) is 26.6 Å². The van der Waals surface area contributed by atoms with Crippen LogP contribution >= 0.6 is 11.6 Å². The summed E-state index contributed by atoms with van der Waals surface area (Å²) in [5.74, 6) is -0.510. The molecular formula is C18H16ClN5O2. The molecule has 132 valence electrons. The van der Waals surface area contributed by atoms with Crippen LogP contribution in [0.2, 0.25) is 5.02 Å². The molecule has 3 rings (SSSR count). The number of aryl methyl sites for hydroxylation is 2. The zero-order valence-corrected chi connectivity index (χ0v) is 14.9. The van der Waals surface area contributed by atoms with Gasteiger partial charge in [0.15, 0.2) is 5.82 Å². The van der Waals surface area contributed by atoms with Gasteiger partial charge in [-0.3, -0.25) is 9.59 Å². The molecule has 3 N–H and O–H groups in total. The molecule has 7 nitrogen and oxygen atoms in total. The molecule has 0 fully saturated rings. The summed E-state index contributed by atoms with van der Waals surface area (Å²) in [6, 6.07) is 11.4. The first-order chi connectivity index (χ1) is 12.3. The van der Waals surface area contributed by atoms with Crippen molar-refractivity contribution in [3.8, 4) is 5.82 Å². The Bertz CT molecular complexity index is 995. The lowest BCUT2D eigenvalue weighted by atomic mass is 10.2. The number of nitrogens with two attached hydrogens (primary N) is 1. The highest BCUT2D eigenvalue weighted by Gasteiger charge is 2.16. The Labute approximate surface area is 154 Å². The van der Waals surface area contributed by atoms with Gasteiger partial charge in [-0.05, 0) is 56.3 Å². The van der Waals surface area contributed by atoms with E-state index in [1.54, 1.807) is 28.9 Å². The zero-order chi connectivity index (χ0) is 18.8. The van der Waals surface area contributed by atoms with E-state index in [-0.39, 0.29) is 10.7 Å². The van der Waals surface area contributed by atoms with Crippen LogP contribution < -0.4 is 11.1 Å². The lowest BCUT2D eigenvalue weighted by Crippen LogP contribution is -2.16. The minimum Gasteiger partial charge on any atom is -0.366 e. The second kappa shape index (κ2) is 6.97. The normalized spacial score (nSPS) is 10.6. The van der Waals surface area contributed by atoms with Gasteiger partial charge >= 0.3 is 0 Å². The van der Waals surface area contributed by atoms with Crippen molar-refractivity contribution >= 4 is 29.1 Å². The highest BCUT2D eigenvalue weighted by atomic mass is 35.5. The average Bonchev–Trinajstić information content (AvgIpc) is 2.94. The average molecular weight is 370 g/mol. The number of nitrogens with zero attached hydrogens (tertiary/aromatic N) is 3.